The van der Waals surface area contributed by atoms with E-state index in [4.69, 9.17) is 0 Å². The lowest BCUT2D eigenvalue weighted by molar-refractivity contribution is -0.384. The van der Waals surface area contributed by atoms with Crippen LogP contribution in [-0.4, -0.2) is 48.7 Å². The van der Waals surface area contributed by atoms with Gasteiger partial charge < -0.3 is 10.2 Å². The van der Waals surface area contributed by atoms with Gasteiger partial charge in [0, 0.05) is 24.4 Å². The van der Waals surface area contributed by atoms with Crippen LogP contribution >= 0.6 is 11.8 Å². The van der Waals surface area contributed by atoms with Crippen LogP contribution in [0.4, 0.5) is 5.69 Å². The predicted molar refractivity (Wildman–Crippen MR) is 85.4 cm³/mol. The Balaban J connectivity index is 2.18. The quantitative estimate of drug-likeness (QED) is 0.428. The Labute approximate surface area is 129 Å². The van der Waals surface area contributed by atoms with Crippen LogP contribution in [0.2, 0.25) is 0 Å². The van der Waals surface area contributed by atoms with Crippen molar-refractivity contribution < 1.29 is 9.72 Å². The van der Waals surface area contributed by atoms with Crippen molar-refractivity contribution in [3.8, 4) is 0 Å². The molecule has 116 valence electrons. The second-order valence-electron chi connectivity index (χ2n) is 4.92. The highest BCUT2D eigenvalue weighted by molar-refractivity contribution is 7.99. The van der Waals surface area contributed by atoms with Crippen molar-refractivity contribution in [3.05, 3.63) is 39.9 Å². The molecule has 0 aromatic heterocycles. The summed E-state index contributed by atoms with van der Waals surface area (Å²) in [6, 6.07) is 6.41. The molecule has 0 saturated heterocycles. The first-order chi connectivity index (χ1) is 9.99. The molecule has 0 saturated carbocycles. The number of amides is 1. The molecule has 1 aromatic carbocycles. The number of benzene rings is 1. The van der Waals surface area contributed by atoms with Crippen LogP contribution in [0, 0.1) is 10.1 Å². The van der Waals surface area contributed by atoms with Crippen molar-refractivity contribution in [1.82, 2.24) is 10.2 Å². The van der Waals surface area contributed by atoms with Crippen molar-refractivity contribution in [2.75, 3.05) is 32.9 Å². The zero-order valence-electron chi connectivity index (χ0n) is 12.4. The minimum Gasteiger partial charge on any atom is -0.355 e. The van der Waals surface area contributed by atoms with E-state index in [1.807, 2.05) is 14.1 Å². The number of thioether (sulfide) groups is 1. The molecule has 0 spiro atoms. The normalized spacial score (nSPS) is 10.6. The van der Waals surface area contributed by atoms with E-state index in [0.29, 0.717) is 18.1 Å². The summed E-state index contributed by atoms with van der Waals surface area (Å²) in [4.78, 5) is 23.8. The van der Waals surface area contributed by atoms with Crippen LogP contribution in [0.15, 0.2) is 24.3 Å². The maximum Gasteiger partial charge on any atom is 0.269 e. The van der Waals surface area contributed by atoms with Gasteiger partial charge in [0.25, 0.3) is 5.69 Å². The number of nitro groups is 1. The number of non-ortho nitro benzene ring substituents is 1. The monoisotopic (exact) mass is 311 g/mol. The molecule has 0 aliphatic heterocycles. The summed E-state index contributed by atoms with van der Waals surface area (Å²) in [5, 5.41) is 13.4. The van der Waals surface area contributed by atoms with E-state index in [2.05, 4.69) is 10.2 Å². The van der Waals surface area contributed by atoms with Gasteiger partial charge in [0.2, 0.25) is 5.91 Å². The number of nitrogens with zero attached hydrogens (tertiary/aromatic N) is 2. The molecule has 0 bridgehead atoms. The number of hydrogen-bond donors (Lipinski definition) is 1. The van der Waals surface area contributed by atoms with Gasteiger partial charge in [-0.2, -0.15) is 0 Å². The van der Waals surface area contributed by atoms with Crippen LogP contribution in [0.5, 0.6) is 0 Å². The fourth-order valence-corrected chi connectivity index (χ4v) is 2.47. The molecular weight excluding hydrogens is 290 g/mol. The Morgan fingerprint density at radius 1 is 1.33 bits per heavy atom. The fourth-order valence-electron chi connectivity index (χ4n) is 1.65. The van der Waals surface area contributed by atoms with E-state index >= 15 is 0 Å². The highest BCUT2D eigenvalue weighted by atomic mass is 32.2. The summed E-state index contributed by atoms with van der Waals surface area (Å²) >= 11 is 1.50. The van der Waals surface area contributed by atoms with E-state index in [1.54, 1.807) is 12.1 Å². The van der Waals surface area contributed by atoms with Crippen LogP contribution in [-0.2, 0) is 10.5 Å². The minimum atomic E-state index is -0.419. The summed E-state index contributed by atoms with van der Waals surface area (Å²) in [6.07, 6.45) is 0.936. The number of hydrogen-bond acceptors (Lipinski definition) is 5. The summed E-state index contributed by atoms with van der Waals surface area (Å²) in [5.74, 6) is 1.10. The molecule has 0 aliphatic rings. The Bertz CT molecular complexity index is 463. The maximum absolute atomic E-state index is 11.6. The highest BCUT2D eigenvalue weighted by Crippen LogP contribution is 2.16. The van der Waals surface area contributed by atoms with Gasteiger partial charge >= 0.3 is 0 Å². The van der Waals surface area contributed by atoms with Crippen LogP contribution in [0.25, 0.3) is 0 Å². The second kappa shape index (κ2) is 9.36. The first-order valence-corrected chi connectivity index (χ1v) is 7.87. The standard InChI is InChI=1S/C14H21N3O3S/c1-16(2)9-3-8-15-14(18)11-21-10-12-4-6-13(7-5-12)17(19)20/h4-7H,3,8-11H2,1-2H3,(H,15,18). The second-order valence-corrected chi connectivity index (χ2v) is 5.91. The summed E-state index contributed by atoms with van der Waals surface area (Å²) < 4.78 is 0. The first kappa shape index (κ1) is 17.5. The SMILES string of the molecule is CN(C)CCCNC(=O)CSCc1ccc([N+](=O)[O-])cc1. The molecule has 6 nitrogen and oxygen atoms in total. The number of nitrogens with one attached hydrogen (secondary N) is 1. The third-order valence-electron chi connectivity index (χ3n) is 2.75. The first-order valence-electron chi connectivity index (χ1n) is 6.71. The third kappa shape index (κ3) is 7.67. The van der Waals surface area contributed by atoms with Gasteiger partial charge in [0.05, 0.1) is 10.7 Å². The fraction of sp³-hybridized carbons (Fsp3) is 0.500. The van der Waals surface area contributed by atoms with Gasteiger partial charge in [-0.1, -0.05) is 12.1 Å². The van der Waals surface area contributed by atoms with E-state index in [1.165, 1.54) is 23.9 Å². The Morgan fingerprint density at radius 3 is 2.57 bits per heavy atom. The van der Waals surface area contributed by atoms with Crippen LogP contribution < -0.4 is 5.32 Å². The molecule has 0 unspecified atom stereocenters. The molecule has 0 heterocycles. The number of nitro benzene ring substituents is 1. The van der Waals surface area contributed by atoms with Gasteiger partial charge in [-0.15, -0.1) is 11.8 Å². The van der Waals surface area contributed by atoms with Gasteiger partial charge in [-0.25, -0.2) is 0 Å². The summed E-state index contributed by atoms with van der Waals surface area (Å²) in [6.45, 7) is 1.64. The van der Waals surface area contributed by atoms with Crippen molar-refractivity contribution >= 4 is 23.4 Å². The van der Waals surface area contributed by atoms with Gasteiger partial charge in [0.1, 0.15) is 0 Å². The maximum atomic E-state index is 11.6. The van der Waals surface area contributed by atoms with Crippen LogP contribution in [0.3, 0.4) is 0 Å². The molecule has 0 fully saturated rings. The smallest absolute Gasteiger partial charge is 0.269 e. The molecule has 1 rings (SSSR count). The zero-order chi connectivity index (χ0) is 15.7. The average molecular weight is 311 g/mol. The Kier molecular flexibility index (Phi) is 7.78. The molecule has 21 heavy (non-hydrogen) atoms. The number of carbonyl (C=O) groups is 1. The minimum absolute atomic E-state index is 0.0284. The molecule has 1 aromatic rings. The number of carbonyl (C=O) groups excluding carboxylic acids is 1. The number of rotatable bonds is 9. The average Bonchev–Trinajstić information content (AvgIpc) is 2.44. The Morgan fingerprint density at radius 2 is 2.00 bits per heavy atom. The molecular formula is C14H21N3O3S. The van der Waals surface area contributed by atoms with E-state index in [0.717, 1.165) is 18.5 Å². The topological polar surface area (TPSA) is 75.5 Å². The van der Waals surface area contributed by atoms with Gasteiger partial charge in [-0.05, 0) is 32.6 Å². The van der Waals surface area contributed by atoms with Crippen molar-refractivity contribution in [1.29, 1.82) is 0 Å². The lowest BCUT2D eigenvalue weighted by Crippen LogP contribution is -2.28. The summed E-state index contributed by atoms with van der Waals surface area (Å²) in [5.41, 5.74) is 1.06. The molecule has 0 atom stereocenters. The van der Waals surface area contributed by atoms with Crippen molar-refractivity contribution in [2.24, 2.45) is 0 Å². The largest absolute Gasteiger partial charge is 0.355 e. The van der Waals surface area contributed by atoms with E-state index in [-0.39, 0.29) is 11.6 Å². The van der Waals surface area contributed by atoms with Gasteiger partial charge in [0.15, 0.2) is 0 Å². The van der Waals surface area contributed by atoms with Gasteiger partial charge in [-0.3, -0.25) is 14.9 Å². The van der Waals surface area contributed by atoms with Crippen LogP contribution in [0.1, 0.15) is 12.0 Å². The molecule has 0 radical (unpaired) electrons. The highest BCUT2D eigenvalue weighted by Gasteiger charge is 2.05. The van der Waals surface area contributed by atoms with E-state index in [9.17, 15) is 14.9 Å². The van der Waals surface area contributed by atoms with Crippen molar-refractivity contribution in [2.45, 2.75) is 12.2 Å². The molecule has 1 N–H and O–H groups in total. The molecule has 7 heteroatoms. The Hall–Kier alpha value is -1.60. The molecule has 1 amide bonds. The molecule has 0 aliphatic carbocycles. The van der Waals surface area contributed by atoms with Crippen molar-refractivity contribution in [3.63, 3.8) is 0 Å². The lowest BCUT2D eigenvalue weighted by Gasteiger charge is -2.09. The predicted octanol–water partition coefficient (Wildman–Crippen LogP) is 1.90. The van der Waals surface area contributed by atoms with E-state index < -0.39 is 4.92 Å². The third-order valence-corrected chi connectivity index (χ3v) is 3.76. The zero-order valence-corrected chi connectivity index (χ0v) is 13.2. The lowest BCUT2D eigenvalue weighted by atomic mass is 10.2. The summed E-state index contributed by atoms with van der Waals surface area (Å²) in [7, 11) is 4.00.